The van der Waals surface area contributed by atoms with Gasteiger partial charge in [0.2, 0.25) is 0 Å². The Morgan fingerprint density at radius 1 is 0.739 bits per heavy atom. The lowest BCUT2D eigenvalue weighted by atomic mass is 10.1. The van der Waals surface area contributed by atoms with Crippen LogP contribution in [0.4, 0.5) is 0 Å². The molecule has 0 aromatic rings. The highest BCUT2D eigenvalue weighted by atomic mass is 31.2. The van der Waals surface area contributed by atoms with Crippen LogP contribution in [0, 0.1) is 0 Å². The Hall–Kier alpha value is -0.110. The molecule has 0 saturated heterocycles. The Bertz CT molecular complexity index is 316. The Morgan fingerprint density at radius 3 is 2.09 bits per heavy atom. The molecule has 1 atom stereocenters. The molecule has 0 aromatic carbocycles. The van der Waals surface area contributed by atoms with Crippen molar-refractivity contribution < 1.29 is 13.6 Å². The highest BCUT2D eigenvalue weighted by Crippen LogP contribution is 2.49. The van der Waals surface area contributed by atoms with Crippen molar-refractivity contribution in [3.8, 4) is 0 Å². The monoisotopic (exact) mass is 346 g/mol. The van der Waals surface area contributed by atoms with E-state index in [1.54, 1.807) is 0 Å². The second-order valence-electron chi connectivity index (χ2n) is 6.20. The van der Waals surface area contributed by atoms with Gasteiger partial charge in [0, 0.05) is 0 Å². The first-order chi connectivity index (χ1) is 11.2. The van der Waals surface area contributed by atoms with Crippen LogP contribution in [0.2, 0.25) is 0 Å². The SMILES string of the molecule is CCCCCCCC/C=C/COP(=O)(CCCC)OCCCC. The van der Waals surface area contributed by atoms with Crippen LogP contribution in [-0.4, -0.2) is 19.4 Å². The molecule has 0 aliphatic heterocycles. The van der Waals surface area contributed by atoms with Gasteiger partial charge in [0.25, 0.3) is 0 Å². The van der Waals surface area contributed by atoms with E-state index < -0.39 is 7.60 Å². The first-order valence-electron chi connectivity index (χ1n) is 9.71. The Kier molecular flexibility index (Phi) is 16.7. The van der Waals surface area contributed by atoms with Gasteiger partial charge in [-0.25, -0.2) is 0 Å². The lowest BCUT2D eigenvalue weighted by Crippen LogP contribution is -2.02. The largest absolute Gasteiger partial charge is 0.330 e. The van der Waals surface area contributed by atoms with Gasteiger partial charge in [-0.3, -0.25) is 4.57 Å². The van der Waals surface area contributed by atoms with Crippen molar-refractivity contribution in [3.63, 3.8) is 0 Å². The van der Waals surface area contributed by atoms with Gasteiger partial charge in [-0.15, -0.1) is 0 Å². The van der Waals surface area contributed by atoms with Gasteiger partial charge in [0.15, 0.2) is 0 Å². The fraction of sp³-hybridized carbons (Fsp3) is 0.895. The molecule has 0 fully saturated rings. The highest BCUT2D eigenvalue weighted by Gasteiger charge is 2.22. The summed E-state index contributed by atoms with van der Waals surface area (Å²) in [5.74, 6) is 0. The number of unbranched alkanes of at least 4 members (excludes halogenated alkanes) is 8. The van der Waals surface area contributed by atoms with Gasteiger partial charge < -0.3 is 9.05 Å². The molecule has 0 saturated carbocycles. The molecule has 0 rings (SSSR count). The summed E-state index contributed by atoms with van der Waals surface area (Å²) < 4.78 is 23.7. The van der Waals surface area contributed by atoms with Crippen LogP contribution in [0.3, 0.4) is 0 Å². The third kappa shape index (κ3) is 15.2. The molecule has 1 unspecified atom stereocenters. The minimum Gasteiger partial charge on any atom is -0.309 e. The number of hydrogen-bond donors (Lipinski definition) is 0. The molecule has 0 aliphatic carbocycles. The summed E-state index contributed by atoms with van der Waals surface area (Å²) in [7, 11) is -2.89. The predicted molar refractivity (Wildman–Crippen MR) is 101 cm³/mol. The molecule has 0 heterocycles. The minimum absolute atomic E-state index is 0.406. The van der Waals surface area contributed by atoms with Crippen LogP contribution in [0.15, 0.2) is 12.2 Å². The maximum Gasteiger partial charge on any atom is 0.330 e. The minimum atomic E-state index is -2.89. The first-order valence-corrected chi connectivity index (χ1v) is 11.4. The second-order valence-corrected chi connectivity index (χ2v) is 8.38. The van der Waals surface area contributed by atoms with Crippen molar-refractivity contribution in [2.75, 3.05) is 19.4 Å². The van der Waals surface area contributed by atoms with Crippen LogP contribution in [0.5, 0.6) is 0 Å². The third-order valence-corrected chi connectivity index (χ3v) is 5.81. The first kappa shape index (κ1) is 22.9. The molecular formula is C19H39O3P. The Labute approximate surface area is 144 Å². The lowest BCUT2D eigenvalue weighted by Gasteiger charge is -2.17. The molecule has 0 N–H and O–H groups in total. The van der Waals surface area contributed by atoms with E-state index in [9.17, 15) is 4.57 Å². The van der Waals surface area contributed by atoms with Crippen molar-refractivity contribution in [3.05, 3.63) is 12.2 Å². The molecule has 138 valence electrons. The average molecular weight is 346 g/mol. The van der Waals surface area contributed by atoms with Crippen molar-refractivity contribution in [1.82, 2.24) is 0 Å². The molecule has 0 aliphatic rings. The van der Waals surface area contributed by atoms with Gasteiger partial charge in [0.05, 0.1) is 19.4 Å². The zero-order valence-corrected chi connectivity index (χ0v) is 16.6. The summed E-state index contributed by atoms with van der Waals surface area (Å²) in [4.78, 5) is 0. The van der Waals surface area contributed by atoms with E-state index in [0.717, 1.165) is 32.1 Å². The summed E-state index contributed by atoms with van der Waals surface area (Å²) in [5, 5.41) is 0. The molecule has 0 spiro atoms. The van der Waals surface area contributed by atoms with Gasteiger partial charge in [0.1, 0.15) is 0 Å². The number of rotatable bonds is 17. The quantitative estimate of drug-likeness (QED) is 0.160. The van der Waals surface area contributed by atoms with E-state index in [-0.39, 0.29) is 0 Å². The molecule has 0 aromatic heterocycles. The maximum atomic E-state index is 12.6. The number of allylic oxidation sites excluding steroid dienone is 1. The van der Waals surface area contributed by atoms with E-state index in [0.29, 0.717) is 19.4 Å². The van der Waals surface area contributed by atoms with Gasteiger partial charge in [-0.1, -0.05) is 77.9 Å². The second kappa shape index (κ2) is 16.7. The summed E-state index contributed by atoms with van der Waals surface area (Å²) in [6, 6.07) is 0. The summed E-state index contributed by atoms with van der Waals surface area (Å²) >= 11 is 0. The van der Waals surface area contributed by atoms with E-state index in [4.69, 9.17) is 9.05 Å². The lowest BCUT2D eigenvalue weighted by molar-refractivity contribution is 0.215. The van der Waals surface area contributed by atoms with Gasteiger partial charge in [-0.05, 0) is 25.7 Å². The molecule has 23 heavy (non-hydrogen) atoms. The normalized spacial score (nSPS) is 14.4. The molecular weight excluding hydrogens is 307 g/mol. The van der Waals surface area contributed by atoms with Crippen molar-refractivity contribution >= 4 is 7.60 Å². The zero-order valence-electron chi connectivity index (χ0n) is 15.7. The number of hydrogen-bond acceptors (Lipinski definition) is 3. The smallest absolute Gasteiger partial charge is 0.309 e. The topological polar surface area (TPSA) is 35.5 Å². The fourth-order valence-corrected chi connectivity index (χ4v) is 4.01. The van der Waals surface area contributed by atoms with Gasteiger partial charge >= 0.3 is 7.60 Å². The summed E-state index contributed by atoms with van der Waals surface area (Å²) in [6.45, 7) is 7.39. The third-order valence-electron chi connectivity index (χ3n) is 3.83. The Morgan fingerprint density at radius 2 is 1.39 bits per heavy atom. The Balaban J connectivity index is 3.83. The molecule has 0 radical (unpaired) electrons. The predicted octanol–water partition coefficient (Wildman–Crippen LogP) is 7.12. The standard InChI is InChI=1S/C19H39O3P/c1-4-7-10-11-12-13-14-15-16-18-22-23(20,19-9-6-3)21-17-8-5-2/h15-16H,4-14,17-19H2,1-3H3/b16-15+. The van der Waals surface area contributed by atoms with E-state index in [2.05, 4.69) is 26.8 Å². The van der Waals surface area contributed by atoms with Crippen molar-refractivity contribution in [1.29, 1.82) is 0 Å². The van der Waals surface area contributed by atoms with E-state index >= 15 is 0 Å². The van der Waals surface area contributed by atoms with Crippen molar-refractivity contribution in [2.45, 2.75) is 91.4 Å². The molecule has 0 amide bonds. The van der Waals surface area contributed by atoms with E-state index in [1.165, 1.54) is 38.5 Å². The van der Waals surface area contributed by atoms with E-state index in [1.807, 2.05) is 6.08 Å². The molecule has 4 heteroatoms. The van der Waals surface area contributed by atoms with Crippen LogP contribution < -0.4 is 0 Å². The molecule has 3 nitrogen and oxygen atoms in total. The van der Waals surface area contributed by atoms with Crippen LogP contribution in [-0.2, 0) is 13.6 Å². The fourth-order valence-electron chi connectivity index (χ4n) is 2.25. The zero-order chi connectivity index (χ0) is 17.2. The molecule has 0 bridgehead atoms. The van der Waals surface area contributed by atoms with Gasteiger partial charge in [-0.2, -0.15) is 0 Å². The summed E-state index contributed by atoms with van der Waals surface area (Å²) in [6.07, 6.45) is 17.6. The highest BCUT2D eigenvalue weighted by molar-refractivity contribution is 7.53. The van der Waals surface area contributed by atoms with Crippen LogP contribution in [0.1, 0.15) is 91.4 Å². The van der Waals surface area contributed by atoms with Crippen LogP contribution in [0.25, 0.3) is 0 Å². The van der Waals surface area contributed by atoms with Crippen LogP contribution >= 0.6 is 7.60 Å². The summed E-state index contributed by atoms with van der Waals surface area (Å²) in [5.41, 5.74) is 0. The average Bonchev–Trinajstić information content (AvgIpc) is 2.55. The van der Waals surface area contributed by atoms with Crippen molar-refractivity contribution in [2.24, 2.45) is 0 Å². The maximum absolute atomic E-state index is 12.6.